The van der Waals surface area contributed by atoms with Crippen LogP contribution in [-0.4, -0.2) is 56.2 Å². The van der Waals surface area contributed by atoms with Gasteiger partial charge in [-0.05, 0) is 38.0 Å². The number of rotatable bonds is 7. The molecule has 1 N–H and O–H groups in total. The van der Waals surface area contributed by atoms with Gasteiger partial charge in [0.15, 0.2) is 0 Å². The van der Waals surface area contributed by atoms with Crippen LogP contribution in [0.15, 0.2) is 23.1 Å². The Morgan fingerprint density at radius 2 is 2.21 bits per heavy atom. The van der Waals surface area contributed by atoms with Gasteiger partial charge in [0.1, 0.15) is 22.8 Å². The van der Waals surface area contributed by atoms with Crippen molar-refractivity contribution in [1.29, 1.82) is 0 Å². The third-order valence-corrected chi connectivity index (χ3v) is 5.88. The minimum absolute atomic E-state index is 0.125. The van der Waals surface area contributed by atoms with Gasteiger partial charge in [0.2, 0.25) is 10.0 Å². The lowest BCUT2D eigenvalue weighted by Crippen LogP contribution is -2.40. The van der Waals surface area contributed by atoms with Crippen LogP contribution in [0.2, 0.25) is 5.02 Å². The quantitative estimate of drug-likeness (QED) is 0.781. The average molecular weight is 378 g/mol. The fourth-order valence-corrected chi connectivity index (χ4v) is 4.70. The predicted molar refractivity (Wildman–Crippen MR) is 88.0 cm³/mol. The number of carbonyl (C=O) groups is 1. The van der Waals surface area contributed by atoms with Gasteiger partial charge < -0.3 is 14.6 Å². The number of hydrogen-bond donors (Lipinski definition) is 1. The molecule has 1 aromatic carbocycles. The monoisotopic (exact) mass is 377 g/mol. The number of methoxy groups -OCH3 is 1. The van der Waals surface area contributed by atoms with E-state index in [2.05, 4.69) is 0 Å². The first kappa shape index (κ1) is 19.0. The molecular weight excluding hydrogens is 358 g/mol. The van der Waals surface area contributed by atoms with Crippen LogP contribution in [0.25, 0.3) is 0 Å². The van der Waals surface area contributed by atoms with E-state index in [-0.39, 0.29) is 41.3 Å². The van der Waals surface area contributed by atoms with E-state index in [1.54, 1.807) is 6.92 Å². The van der Waals surface area contributed by atoms with Crippen LogP contribution in [-0.2, 0) is 19.6 Å². The van der Waals surface area contributed by atoms with Crippen LogP contribution < -0.4 is 4.74 Å². The minimum Gasteiger partial charge on any atom is -0.487 e. The van der Waals surface area contributed by atoms with E-state index in [4.69, 9.17) is 21.1 Å². The lowest BCUT2D eigenvalue weighted by atomic mass is 10.2. The van der Waals surface area contributed by atoms with E-state index < -0.39 is 22.0 Å². The number of hydrogen-bond acceptors (Lipinski definition) is 5. The van der Waals surface area contributed by atoms with Crippen molar-refractivity contribution in [2.75, 3.05) is 20.3 Å². The molecule has 1 aromatic rings. The second-order valence-electron chi connectivity index (χ2n) is 5.59. The molecular formula is C15H20ClNO6S. The zero-order chi connectivity index (χ0) is 17.9. The molecule has 1 fully saturated rings. The van der Waals surface area contributed by atoms with E-state index in [0.717, 1.165) is 4.31 Å². The molecule has 0 bridgehead atoms. The molecule has 1 heterocycles. The molecule has 1 aliphatic rings. The van der Waals surface area contributed by atoms with Gasteiger partial charge in [0.05, 0.1) is 6.61 Å². The Hall–Kier alpha value is -1.35. The number of ether oxygens (including phenoxy) is 2. The second-order valence-corrected chi connectivity index (χ2v) is 7.88. The zero-order valence-electron chi connectivity index (χ0n) is 13.4. The molecule has 0 saturated carbocycles. The van der Waals surface area contributed by atoms with Crippen LogP contribution >= 0.6 is 11.6 Å². The SMILES string of the molecule is COCC(C)Oc1ccc(Cl)cc1S(=O)(=O)N1CCC[C@@H]1C(=O)O. The smallest absolute Gasteiger partial charge is 0.322 e. The number of carboxylic acids is 1. The summed E-state index contributed by atoms with van der Waals surface area (Å²) in [4.78, 5) is 11.2. The van der Waals surface area contributed by atoms with Crippen LogP contribution in [0.4, 0.5) is 0 Å². The Kier molecular flexibility index (Phi) is 6.08. The molecule has 1 unspecified atom stereocenters. The van der Waals surface area contributed by atoms with Gasteiger partial charge in [-0.2, -0.15) is 4.31 Å². The van der Waals surface area contributed by atoms with E-state index in [1.165, 1.54) is 25.3 Å². The lowest BCUT2D eigenvalue weighted by Gasteiger charge is -2.23. The first-order chi connectivity index (χ1) is 11.3. The van der Waals surface area contributed by atoms with E-state index in [9.17, 15) is 18.3 Å². The molecule has 0 amide bonds. The fraction of sp³-hybridized carbons (Fsp3) is 0.533. The number of halogens is 1. The van der Waals surface area contributed by atoms with Gasteiger partial charge in [-0.1, -0.05) is 11.6 Å². The minimum atomic E-state index is -4.04. The molecule has 2 rings (SSSR count). The van der Waals surface area contributed by atoms with Crippen molar-refractivity contribution in [3.05, 3.63) is 23.2 Å². The van der Waals surface area contributed by atoms with Gasteiger partial charge in [-0.25, -0.2) is 8.42 Å². The summed E-state index contributed by atoms with van der Waals surface area (Å²) in [5.41, 5.74) is 0. The molecule has 2 atom stereocenters. The second kappa shape index (κ2) is 7.69. The number of nitrogens with zero attached hydrogens (tertiary/aromatic N) is 1. The normalized spacial score (nSPS) is 20.0. The van der Waals surface area contributed by atoms with Gasteiger partial charge in [-0.15, -0.1) is 0 Å². The fourth-order valence-electron chi connectivity index (χ4n) is 2.67. The largest absolute Gasteiger partial charge is 0.487 e. The highest BCUT2D eigenvalue weighted by Crippen LogP contribution is 2.34. The van der Waals surface area contributed by atoms with Crippen LogP contribution in [0.1, 0.15) is 19.8 Å². The summed E-state index contributed by atoms with van der Waals surface area (Å²) in [7, 11) is -2.53. The average Bonchev–Trinajstić information content (AvgIpc) is 3.00. The van der Waals surface area contributed by atoms with Gasteiger partial charge in [0, 0.05) is 18.7 Å². The standard InChI is InChI=1S/C15H20ClNO6S/c1-10(9-22-2)23-13-6-5-11(16)8-14(13)24(20,21)17-7-3-4-12(17)15(18)19/h5-6,8,10,12H,3-4,7,9H2,1-2H3,(H,18,19)/t10?,12-/m1/s1. The van der Waals surface area contributed by atoms with Crippen LogP contribution in [0.3, 0.4) is 0 Å². The van der Waals surface area contributed by atoms with Crippen molar-refractivity contribution in [2.45, 2.75) is 36.8 Å². The number of aliphatic carboxylic acids is 1. The Morgan fingerprint density at radius 3 is 2.83 bits per heavy atom. The first-order valence-electron chi connectivity index (χ1n) is 7.47. The summed E-state index contributed by atoms with van der Waals surface area (Å²) in [5, 5.41) is 9.48. The topological polar surface area (TPSA) is 93.1 Å². The molecule has 24 heavy (non-hydrogen) atoms. The first-order valence-corrected chi connectivity index (χ1v) is 9.29. The number of carboxylic acid groups (broad SMARTS) is 1. The predicted octanol–water partition coefficient (Wildman–Crippen LogP) is 1.99. The van der Waals surface area contributed by atoms with Crippen molar-refractivity contribution < 1.29 is 27.8 Å². The zero-order valence-corrected chi connectivity index (χ0v) is 15.0. The van der Waals surface area contributed by atoms with Crippen molar-refractivity contribution in [3.8, 4) is 5.75 Å². The highest BCUT2D eigenvalue weighted by Gasteiger charge is 2.40. The van der Waals surface area contributed by atoms with Gasteiger partial charge >= 0.3 is 5.97 Å². The van der Waals surface area contributed by atoms with Crippen molar-refractivity contribution in [1.82, 2.24) is 4.31 Å². The Balaban J connectivity index is 2.42. The maximum Gasteiger partial charge on any atom is 0.322 e. The third-order valence-electron chi connectivity index (χ3n) is 3.71. The van der Waals surface area contributed by atoms with Crippen molar-refractivity contribution >= 4 is 27.6 Å². The molecule has 0 radical (unpaired) electrons. The summed E-state index contributed by atoms with van der Waals surface area (Å²) >= 11 is 5.95. The molecule has 1 saturated heterocycles. The summed E-state index contributed by atoms with van der Waals surface area (Å²) in [6.45, 7) is 2.17. The van der Waals surface area contributed by atoms with Crippen LogP contribution in [0.5, 0.6) is 5.75 Å². The molecule has 9 heteroatoms. The lowest BCUT2D eigenvalue weighted by molar-refractivity contribution is -0.140. The maximum absolute atomic E-state index is 13.0. The van der Waals surface area contributed by atoms with Gasteiger partial charge in [0.25, 0.3) is 0 Å². The molecule has 0 aliphatic carbocycles. The Bertz CT molecular complexity index is 708. The molecule has 0 aromatic heterocycles. The Morgan fingerprint density at radius 1 is 1.50 bits per heavy atom. The summed E-state index contributed by atoms with van der Waals surface area (Å²) in [6, 6.07) is 3.20. The summed E-state index contributed by atoms with van der Waals surface area (Å²) in [6.07, 6.45) is 0.400. The summed E-state index contributed by atoms with van der Waals surface area (Å²) in [5.74, 6) is -1.03. The van der Waals surface area contributed by atoms with Crippen molar-refractivity contribution in [3.63, 3.8) is 0 Å². The van der Waals surface area contributed by atoms with E-state index in [0.29, 0.717) is 6.42 Å². The van der Waals surface area contributed by atoms with Crippen molar-refractivity contribution in [2.24, 2.45) is 0 Å². The molecule has 7 nitrogen and oxygen atoms in total. The number of benzene rings is 1. The molecule has 1 aliphatic heterocycles. The highest BCUT2D eigenvalue weighted by molar-refractivity contribution is 7.89. The number of sulfonamides is 1. The highest BCUT2D eigenvalue weighted by atomic mass is 35.5. The van der Waals surface area contributed by atoms with Gasteiger partial charge in [-0.3, -0.25) is 4.79 Å². The maximum atomic E-state index is 13.0. The third kappa shape index (κ3) is 4.00. The summed E-state index contributed by atoms with van der Waals surface area (Å²) < 4.78 is 37.5. The molecule has 134 valence electrons. The van der Waals surface area contributed by atoms with Crippen LogP contribution in [0, 0.1) is 0 Å². The van der Waals surface area contributed by atoms with E-state index >= 15 is 0 Å². The molecule has 0 spiro atoms. The van der Waals surface area contributed by atoms with E-state index in [1.807, 2.05) is 0 Å². The Labute approximate surface area is 146 Å².